The van der Waals surface area contributed by atoms with Gasteiger partial charge in [-0.25, -0.2) is 4.79 Å². The maximum atomic E-state index is 13.7. The van der Waals surface area contributed by atoms with E-state index in [0.717, 1.165) is 29.5 Å². The topological polar surface area (TPSA) is 73.8 Å². The zero-order chi connectivity index (χ0) is 27.1. The summed E-state index contributed by atoms with van der Waals surface area (Å²) in [5.74, 6) is 0.418. The van der Waals surface area contributed by atoms with E-state index >= 15 is 0 Å². The number of carbonyl (C=O) groups excluding carboxylic acids is 3. The molecule has 0 saturated heterocycles. The third-order valence-electron chi connectivity index (χ3n) is 7.06. The average molecular weight is 558 g/mol. The molecule has 0 bridgehead atoms. The Morgan fingerprint density at radius 1 is 1.08 bits per heavy atom. The Morgan fingerprint density at radius 3 is 2.50 bits per heavy atom. The van der Waals surface area contributed by atoms with E-state index in [1.54, 1.807) is 17.3 Å². The minimum Gasteiger partial charge on any atom is -0.339 e. The number of fused-ring (bicyclic) bond motifs is 1. The van der Waals surface area contributed by atoms with Crippen molar-refractivity contribution in [3.05, 3.63) is 65.5 Å². The molecular formula is C29H34Cl2N4O3. The first-order chi connectivity index (χ1) is 18.4. The first-order valence-electron chi connectivity index (χ1n) is 13.2. The number of pyridine rings is 1. The van der Waals surface area contributed by atoms with Crippen molar-refractivity contribution in [2.75, 3.05) is 30.4 Å². The fourth-order valence-corrected chi connectivity index (χ4v) is 5.23. The SMILES string of the molecule is CCCC(=O)N1CC=C(c2ccc(N(CC(=O)C(Cl)CCCCl)C(=O)N3Cc4ccncc4C3)cc2)CC1. The second-order valence-electron chi connectivity index (χ2n) is 9.75. The molecule has 2 aliphatic heterocycles. The summed E-state index contributed by atoms with van der Waals surface area (Å²) in [4.78, 5) is 48.2. The molecule has 7 nitrogen and oxygen atoms in total. The zero-order valence-corrected chi connectivity index (χ0v) is 23.3. The Labute approximate surface area is 234 Å². The van der Waals surface area contributed by atoms with Crippen LogP contribution in [0.5, 0.6) is 0 Å². The molecule has 202 valence electrons. The third-order valence-corrected chi connectivity index (χ3v) is 7.79. The first-order valence-corrected chi connectivity index (χ1v) is 14.2. The number of hydrogen-bond acceptors (Lipinski definition) is 4. The number of urea groups is 1. The highest BCUT2D eigenvalue weighted by atomic mass is 35.5. The van der Waals surface area contributed by atoms with E-state index in [4.69, 9.17) is 23.2 Å². The molecule has 1 aromatic heterocycles. The van der Waals surface area contributed by atoms with Gasteiger partial charge in [-0.05, 0) is 66.1 Å². The van der Waals surface area contributed by atoms with Crippen molar-refractivity contribution in [1.29, 1.82) is 0 Å². The lowest BCUT2D eigenvalue weighted by atomic mass is 9.99. The number of halogens is 2. The molecule has 2 aliphatic rings. The minimum atomic E-state index is -0.700. The number of nitrogens with zero attached hydrogens (tertiary/aromatic N) is 4. The normalized spacial score (nSPS) is 15.6. The van der Waals surface area contributed by atoms with Gasteiger partial charge in [0.1, 0.15) is 0 Å². The second-order valence-corrected chi connectivity index (χ2v) is 10.7. The summed E-state index contributed by atoms with van der Waals surface area (Å²) in [5.41, 5.74) is 4.93. The molecule has 1 unspecified atom stereocenters. The molecule has 2 aromatic rings. The van der Waals surface area contributed by atoms with Gasteiger partial charge in [-0.3, -0.25) is 19.5 Å². The number of rotatable bonds is 10. The Morgan fingerprint density at radius 2 is 1.84 bits per heavy atom. The van der Waals surface area contributed by atoms with Crippen LogP contribution in [0.15, 0.2) is 48.8 Å². The van der Waals surface area contributed by atoms with Gasteiger partial charge < -0.3 is 9.80 Å². The van der Waals surface area contributed by atoms with Crippen molar-refractivity contribution in [1.82, 2.24) is 14.8 Å². The Kier molecular flexibility index (Phi) is 9.80. The summed E-state index contributed by atoms with van der Waals surface area (Å²) >= 11 is 12.1. The van der Waals surface area contributed by atoms with Crippen LogP contribution in [-0.4, -0.2) is 63.4 Å². The number of carbonyl (C=O) groups is 3. The summed E-state index contributed by atoms with van der Waals surface area (Å²) < 4.78 is 0. The summed E-state index contributed by atoms with van der Waals surface area (Å²) in [7, 11) is 0. The van der Waals surface area contributed by atoms with E-state index in [-0.39, 0.29) is 24.3 Å². The minimum absolute atomic E-state index is 0.114. The molecule has 0 spiro atoms. The maximum absolute atomic E-state index is 13.7. The van der Waals surface area contributed by atoms with Crippen molar-refractivity contribution < 1.29 is 14.4 Å². The molecule has 0 aliphatic carbocycles. The number of hydrogen-bond donors (Lipinski definition) is 0. The van der Waals surface area contributed by atoms with Gasteiger partial charge in [-0.2, -0.15) is 0 Å². The number of alkyl halides is 2. The highest BCUT2D eigenvalue weighted by Gasteiger charge is 2.31. The number of amides is 3. The van der Waals surface area contributed by atoms with E-state index in [9.17, 15) is 14.4 Å². The van der Waals surface area contributed by atoms with Crippen LogP contribution in [0.25, 0.3) is 5.57 Å². The molecule has 0 N–H and O–H groups in total. The molecule has 9 heteroatoms. The number of Topliss-reactive ketones (excluding diaryl/α,β-unsaturated/α-hetero) is 1. The molecule has 0 radical (unpaired) electrons. The van der Waals surface area contributed by atoms with Crippen molar-refractivity contribution in [3.8, 4) is 0 Å². The molecule has 38 heavy (non-hydrogen) atoms. The lowest BCUT2D eigenvalue weighted by Gasteiger charge is -2.29. The van der Waals surface area contributed by atoms with Gasteiger partial charge in [0.2, 0.25) is 5.91 Å². The Balaban J connectivity index is 1.51. The standard InChI is InChI=1S/C29H34Cl2N4O3/c1-2-4-28(37)33-15-11-22(12-16-33)21-6-8-25(9-7-21)35(20-27(36)26(31)5-3-13-30)29(38)34-18-23-10-14-32-17-24(23)19-34/h6-11,14,17,26H,2-5,12-13,15-16,18-20H2,1H3. The van der Waals surface area contributed by atoms with Gasteiger partial charge in [-0.15, -0.1) is 23.2 Å². The molecule has 3 heterocycles. The van der Waals surface area contributed by atoms with E-state index < -0.39 is 5.38 Å². The third kappa shape index (κ3) is 6.75. The van der Waals surface area contributed by atoms with Gasteiger partial charge in [0.25, 0.3) is 0 Å². The highest BCUT2D eigenvalue weighted by Crippen LogP contribution is 2.28. The van der Waals surface area contributed by atoms with Crippen LogP contribution >= 0.6 is 23.2 Å². The van der Waals surface area contributed by atoms with Crippen LogP contribution < -0.4 is 4.90 Å². The first kappa shape index (κ1) is 28.1. The molecule has 0 fully saturated rings. The van der Waals surface area contributed by atoms with Crippen LogP contribution in [0.3, 0.4) is 0 Å². The molecule has 4 rings (SSSR count). The second kappa shape index (κ2) is 13.3. The average Bonchev–Trinajstić information content (AvgIpc) is 3.39. The lowest BCUT2D eigenvalue weighted by Crippen LogP contribution is -2.45. The fourth-order valence-electron chi connectivity index (χ4n) is 4.85. The van der Waals surface area contributed by atoms with Crippen molar-refractivity contribution in [3.63, 3.8) is 0 Å². The Hall–Kier alpha value is -2.90. The number of anilines is 1. The van der Waals surface area contributed by atoms with Crippen LogP contribution in [0, 0.1) is 0 Å². The number of aromatic nitrogens is 1. The fraction of sp³-hybridized carbons (Fsp3) is 0.448. The van der Waals surface area contributed by atoms with Gasteiger partial charge in [0.05, 0.1) is 11.9 Å². The predicted molar refractivity (Wildman–Crippen MR) is 151 cm³/mol. The van der Waals surface area contributed by atoms with Crippen molar-refractivity contribution >= 4 is 52.2 Å². The zero-order valence-electron chi connectivity index (χ0n) is 21.7. The largest absolute Gasteiger partial charge is 0.339 e. The van der Waals surface area contributed by atoms with Crippen LogP contribution in [0.1, 0.15) is 55.7 Å². The molecule has 1 aromatic carbocycles. The van der Waals surface area contributed by atoms with Gasteiger partial charge >= 0.3 is 6.03 Å². The number of ketones is 1. The summed E-state index contributed by atoms with van der Waals surface area (Å²) in [6, 6.07) is 9.38. The smallest absolute Gasteiger partial charge is 0.325 e. The van der Waals surface area contributed by atoms with Crippen LogP contribution in [0.4, 0.5) is 10.5 Å². The molecule has 3 amide bonds. The van der Waals surface area contributed by atoms with Crippen molar-refractivity contribution in [2.24, 2.45) is 0 Å². The van der Waals surface area contributed by atoms with E-state index in [1.165, 1.54) is 10.5 Å². The van der Waals surface area contributed by atoms with E-state index in [2.05, 4.69) is 11.1 Å². The van der Waals surface area contributed by atoms with Gasteiger partial charge in [0, 0.05) is 56.6 Å². The number of benzene rings is 1. The molecule has 0 saturated carbocycles. The van der Waals surface area contributed by atoms with E-state index in [1.807, 2.05) is 42.2 Å². The summed E-state index contributed by atoms with van der Waals surface area (Å²) in [5, 5.41) is -0.700. The molecular weight excluding hydrogens is 523 g/mol. The van der Waals surface area contributed by atoms with E-state index in [0.29, 0.717) is 57.0 Å². The predicted octanol–water partition coefficient (Wildman–Crippen LogP) is 5.64. The van der Waals surface area contributed by atoms with Gasteiger partial charge in [0.15, 0.2) is 5.78 Å². The summed E-state index contributed by atoms with van der Waals surface area (Å²) in [6.07, 6.45) is 8.92. The van der Waals surface area contributed by atoms with Crippen LogP contribution in [0.2, 0.25) is 0 Å². The maximum Gasteiger partial charge on any atom is 0.325 e. The van der Waals surface area contributed by atoms with Crippen LogP contribution in [-0.2, 0) is 22.7 Å². The lowest BCUT2D eigenvalue weighted by molar-refractivity contribution is -0.130. The van der Waals surface area contributed by atoms with Gasteiger partial charge in [-0.1, -0.05) is 25.1 Å². The van der Waals surface area contributed by atoms with Crippen molar-refractivity contribution in [2.45, 2.75) is 57.5 Å². The molecule has 1 atom stereocenters. The quantitative estimate of drug-likeness (QED) is 0.355. The Bertz CT molecular complexity index is 1160. The highest BCUT2D eigenvalue weighted by molar-refractivity contribution is 6.32. The monoisotopic (exact) mass is 556 g/mol. The summed E-state index contributed by atoms with van der Waals surface area (Å²) in [6.45, 7) is 4.13.